The molecule has 3 heteroatoms. The van der Waals surface area contributed by atoms with Crippen LogP contribution in [0.3, 0.4) is 0 Å². The molecule has 1 atom stereocenters. The standard InChI is InChI=1S/C14H20N2O/c1-14(9-13(15)17)7-8-16(11-14)10-12-5-3-2-4-6-12/h2-6H,7-11H2,1H3,(H2,15,17). The van der Waals surface area contributed by atoms with Crippen LogP contribution >= 0.6 is 0 Å². The van der Waals surface area contributed by atoms with Crippen molar-refractivity contribution in [2.75, 3.05) is 13.1 Å². The third-order valence-electron chi connectivity index (χ3n) is 3.49. The maximum atomic E-state index is 11.0. The minimum absolute atomic E-state index is 0.0701. The van der Waals surface area contributed by atoms with E-state index >= 15 is 0 Å². The highest BCUT2D eigenvalue weighted by Crippen LogP contribution is 2.33. The molecule has 1 saturated heterocycles. The van der Waals surface area contributed by atoms with Gasteiger partial charge in [-0.25, -0.2) is 0 Å². The molecule has 0 bridgehead atoms. The smallest absolute Gasteiger partial charge is 0.218 e. The predicted molar refractivity (Wildman–Crippen MR) is 68.3 cm³/mol. The van der Waals surface area contributed by atoms with Crippen molar-refractivity contribution in [3.8, 4) is 0 Å². The van der Waals surface area contributed by atoms with Crippen LogP contribution in [-0.4, -0.2) is 23.9 Å². The van der Waals surface area contributed by atoms with E-state index in [0.29, 0.717) is 6.42 Å². The van der Waals surface area contributed by atoms with Gasteiger partial charge in [-0.05, 0) is 23.9 Å². The first-order chi connectivity index (χ1) is 8.07. The van der Waals surface area contributed by atoms with Crippen LogP contribution in [0.2, 0.25) is 0 Å². The zero-order valence-corrected chi connectivity index (χ0v) is 10.4. The zero-order valence-electron chi connectivity index (χ0n) is 10.4. The normalized spacial score (nSPS) is 25.0. The molecule has 2 rings (SSSR count). The molecule has 2 N–H and O–H groups in total. The first-order valence-corrected chi connectivity index (χ1v) is 6.12. The van der Waals surface area contributed by atoms with Gasteiger partial charge in [-0.1, -0.05) is 37.3 Å². The average Bonchev–Trinajstić information content (AvgIpc) is 2.60. The Morgan fingerprint density at radius 2 is 2.12 bits per heavy atom. The van der Waals surface area contributed by atoms with Crippen LogP contribution in [0.1, 0.15) is 25.3 Å². The molecule has 3 nitrogen and oxygen atoms in total. The van der Waals surface area contributed by atoms with Crippen molar-refractivity contribution in [1.29, 1.82) is 0 Å². The van der Waals surface area contributed by atoms with Gasteiger partial charge in [0.2, 0.25) is 5.91 Å². The van der Waals surface area contributed by atoms with Gasteiger partial charge >= 0.3 is 0 Å². The third kappa shape index (κ3) is 3.30. The lowest BCUT2D eigenvalue weighted by molar-refractivity contribution is -0.119. The molecule has 0 aromatic heterocycles. The summed E-state index contributed by atoms with van der Waals surface area (Å²) in [6.45, 7) is 5.14. The molecule has 1 aliphatic rings. The average molecular weight is 232 g/mol. The van der Waals surface area contributed by atoms with E-state index in [9.17, 15) is 4.79 Å². The molecule has 0 radical (unpaired) electrons. The molecule has 92 valence electrons. The van der Waals surface area contributed by atoms with Crippen LogP contribution in [0.4, 0.5) is 0 Å². The van der Waals surface area contributed by atoms with Crippen LogP contribution < -0.4 is 5.73 Å². The fourth-order valence-corrected chi connectivity index (χ4v) is 2.67. The predicted octanol–water partition coefficient (Wildman–Crippen LogP) is 1.77. The summed E-state index contributed by atoms with van der Waals surface area (Å²) in [5.41, 5.74) is 6.70. The van der Waals surface area contributed by atoms with E-state index in [2.05, 4.69) is 36.1 Å². The van der Waals surface area contributed by atoms with Crippen molar-refractivity contribution < 1.29 is 4.79 Å². The number of benzene rings is 1. The van der Waals surface area contributed by atoms with Crippen molar-refractivity contribution in [2.24, 2.45) is 11.1 Å². The molecule has 1 aliphatic heterocycles. The molecule has 1 unspecified atom stereocenters. The van der Waals surface area contributed by atoms with Gasteiger partial charge in [0.15, 0.2) is 0 Å². The highest BCUT2D eigenvalue weighted by molar-refractivity contribution is 5.74. The largest absolute Gasteiger partial charge is 0.370 e. The molecule has 1 aromatic carbocycles. The summed E-state index contributed by atoms with van der Waals surface area (Å²) in [4.78, 5) is 13.4. The maximum Gasteiger partial charge on any atom is 0.218 e. The molecule has 1 amide bonds. The van der Waals surface area contributed by atoms with Gasteiger partial charge in [-0.15, -0.1) is 0 Å². The Kier molecular flexibility index (Phi) is 3.48. The third-order valence-corrected chi connectivity index (χ3v) is 3.49. The van der Waals surface area contributed by atoms with Gasteiger partial charge in [0.05, 0.1) is 0 Å². The van der Waals surface area contributed by atoms with Crippen LogP contribution in [0, 0.1) is 5.41 Å². The Morgan fingerprint density at radius 1 is 1.41 bits per heavy atom. The number of carbonyl (C=O) groups is 1. The molecular formula is C14H20N2O. The summed E-state index contributed by atoms with van der Waals surface area (Å²) in [6, 6.07) is 10.4. The summed E-state index contributed by atoms with van der Waals surface area (Å²) in [5, 5.41) is 0. The number of nitrogens with two attached hydrogens (primary N) is 1. The van der Waals surface area contributed by atoms with Gasteiger partial charge < -0.3 is 5.73 Å². The van der Waals surface area contributed by atoms with Crippen molar-refractivity contribution in [2.45, 2.75) is 26.3 Å². The van der Waals surface area contributed by atoms with Crippen molar-refractivity contribution in [3.63, 3.8) is 0 Å². The number of carbonyl (C=O) groups excluding carboxylic acids is 1. The molecular weight excluding hydrogens is 212 g/mol. The Morgan fingerprint density at radius 3 is 2.76 bits per heavy atom. The number of primary amides is 1. The highest BCUT2D eigenvalue weighted by atomic mass is 16.1. The molecule has 1 heterocycles. The summed E-state index contributed by atoms with van der Waals surface area (Å²) >= 11 is 0. The summed E-state index contributed by atoms with van der Waals surface area (Å²) in [5.74, 6) is -0.186. The SMILES string of the molecule is CC1(CC(N)=O)CCN(Cc2ccccc2)C1. The number of hydrogen-bond donors (Lipinski definition) is 1. The van der Waals surface area contributed by atoms with Crippen molar-refractivity contribution in [3.05, 3.63) is 35.9 Å². The molecule has 1 aromatic rings. The first kappa shape index (κ1) is 12.1. The fourth-order valence-electron chi connectivity index (χ4n) is 2.67. The molecule has 0 saturated carbocycles. The maximum absolute atomic E-state index is 11.0. The van der Waals surface area contributed by atoms with Gasteiger partial charge in [-0.2, -0.15) is 0 Å². The Hall–Kier alpha value is -1.35. The first-order valence-electron chi connectivity index (χ1n) is 6.12. The molecule has 17 heavy (non-hydrogen) atoms. The monoisotopic (exact) mass is 232 g/mol. The van der Waals surface area contributed by atoms with Crippen LogP contribution in [0.15, 0.2) is 30.3 Å². The number of amides is 1. The van der Waals surface area contributed by atoms with E-state index in [-0.39, 0.29) is 11.3 Å². The van der Waals surface area contributed by atoms with E-state index in [0.717, 1.165) is 26.1 Å². The van der Waals surface area contributed by atoms with Crippen molar-refractivity contribution >= 4 is 5.91 Å². The Labute approximate surface area is 103 Å². The highest BCUT2D eigenvalue weighted by Gasteiger charge is 2.34. The summed E-state index contributed by atoms with van der Waals surface area (Å²) < 4.78 is 0. The second-order valence-electron chi connectivity index (χ2n) is 5.40. The van der Waals surface area contributed by atoms with Crippen LogP contribution in [0.5, 0.6) is 0 Å². The van der Waals surface area contributed by atoms with Gasteiger partial charge in [-0.3, -0.25) is 9.69 Å². The van der Waals surface area contributed by atoms with E-state index in [1.165, 1.54) is 5.56 Å². The molecule has 0 spiro atoms. The van der Waals surface area contributed by atoms with Gasteiger partial charge in [0, 0.05) is 19.5 Å². The van der Waals surface area contributed by atoms with Crippen LogP contribution in [-0.2, 0) is 11.3 Å². The summed E-state index contributed by atoms with van der Waals surface area (Å²) in [7, 11) is 0. The minimum atomic E-state index is -0.186. The molecule has 0 aliphatic carbocycles. The van der Waals surface area contributed by atoms with E-state index in [1.807, 2.05) is 6.07 Å². The number of likely N-dealkylation sites (tertiary alicyclic amines) is 1. The zero-order chi connectivity index (χ0) is 12.3. The van der Waals surface area contributed by atoms with E-state index in [4.69, 9.17) is 5.73 Å². The van der Waals surface area contributed by atoms with E-state index in [1.54, 1.807) is 0 Å². The van der Waals surface area contributed by atoms with Crippen LogP contribution in [0.25, 0.3) is 0 Å². The Bertz CT molecular complexity index is 390. The van der Waals surface area contributed by atoms with Gasteiger partial charge in [0.25, 0.3) is 0 Å². The number of nitrogens with zero attached hydrogens (tertiary/aromatic N) is 1. The van der Waals surface area contributed by atoms with Gasteiger partial charge in [0.1, 0.15) is 0 Å². The van der Waals surface area contributed by atoms with E-state index < -0.39 is 0 Å². The lowest BCUT2D eigenvalue weighted by Crippen LogP contribution is -2.29. The lowest BCUT2D eigenvalue weighted by Gasteiger charge is -2.23. The van der Waals surface area contributed by atoms with Crippen molar-refractivity contribution in [1.82, 2.24) is 4.90 Å². The number of hydrogen-bond acceptors (Lipinski definition) is 2. The lowest BCUT2D eigenvalue weighted by atomic mass is 9.86. The topological polar surface area (TPSA) is 46.3 Å². The quantitative estimate of drug-likeness (QED) is 0.860. The fraction of sp³-hybridized carbons (Fsp3) is 0.500. The summed E-state index contributed by atoms with van der Waals surface area (Å²) in [6.07, 6.45) is 1.56. The minimum Gasteiger partial charge on any atom is -0.370 e. The molecule has 1 fully saturated rings. The second kappa shape index (κ2) is 4.88. The Balaban J connectivity index is 1.92. The second-order valence-corrected chi connectivity index (χ2v) is 5.40. The number of rotatable bonds is 4.